The number of nitrogens with one attached hydrogen (secondary N) is 1. The molecule has 0 bridgehead atoms. The fraction of sp³-hybridized carbons (Fsp3) is 0.0952. The van der Waals surface area contributed by atoms with Gasteiger partial charge in [0.2, 0.25) is 0 Å². The lowest BCUT2D eigenvalue weighted by Gasteiger charge is -2.15. The Kier molecular flexibility index (Phi) is 4.65. The van der Waals surface area contributed by atoms with Crippen LogP contribution in [0.25, 0.3) is 0 Å². The minimum absolute atomic E-state index is 0.0146. The third-order valence-corrected chi connectivity index (χ3v) is 4.56. The van der Waals surface area contributed by atoms with Crippen molar-refractivity contribution in [3.05, 3.63) is 88.6 Å². The number of hydrogen-bond acceptors (Lipinski definition) is 5. The van der Waals surface area contributed by atoms with Gasteiger partial charge in [0.25, 0.3) is 0 Å². The van der Waals surface area contributed by atoms with Crippen LogP contribution in [-0.2, 0) is 10.9 Å². The summed E-state index contributed by atoms with van der Waals surface area (Å²) in [6, 6.07) is 13.7. The fourth-order valence-electron chi connectivity index (χ4n) is 3.16. The zero-order valence-electron chi connectivity index (χ0n) is 15.1. The topological polar surface area (TPSA) is 88.5 Å². The van der Waals surface area contributed by atoms with Crippen LogP contribution < -0.4 is 5.32 Å². The molecule has 0 radical (unpaired) electrons. The first-order chi connectivity index (χ1) is 14.2. The van der Waals surface area contributed by atoms with Crippen LogP contribution in [0.1, 0.15) is 43.6 Å². The van der Waals surface area contributed by atoms with E-state index in [1.54, 1.807) is 24.3 Å². The Morgan fingerprint density at radius 3 is 2.57 bits per heavy atom. The Bertz CT molecular complexity index is 1160. The van der Waals surface area contributed by atoms with Crippen molar-refractivity contribution in [3.63, 3.8) is 0 Å². The molecule has 0 fully saturated rings. The number of carbonyl (C=O) groups is 2. The van der Waals surface area contributed by atoms with Crippen molar-refractivity contribution in [1.82, 2.24) is 4.98 Å². The van der Waals surface area contributed by atoms with Crippen LogP contribution >= 0.6 is 0 Å². The van der Waals surface area contributed by atoms with E-state index < -0.39 is 29.8 Å². The molecule has 2 heterocycles. The van der Waals surface area contributed by atoms with Crippen molar-refractivity contribution in [1.29, 1.82) is 0 Å². The van der Waals surface area contributed by atoms with Crippen LogP contribution in [0.4, 0.5) is 24.7 Å². The molecular formula is C21H13F3N2O4. The van der Waals surface area contributed by atoms with Crippen molar-refractivity contribution < 1.29 is 32.6 Å². The predicted molar refractivity (Wildman–Crippen MR) is 99.6 cm³/mol. The van der Waals surface area contributed by atoms with Gasteiger partial charge in [-0.15, -0.1) is 0 Å². The number of nitrogens with zero attached hydrogens (tertiary/aromatic N) is 1. The van der Waals surface area contributed by atoms with E-state index in [2.05, 4.69) is 10.3 Å². The van der Waals surface area contributed by atoms with Crippen molar-refractivity contribution in [2.24, 2.45) is 0 Å². The number of fused-ring (bicyclic) bond motifs is 1. The van der Waals surface area contributed by atoms with E-state index >= 15 is 0 Å². The van der Waals surface area contributed by atoms with Crippen molar-refractivity contribution in [2.45, 2.75) is 12.3 Å². The SMILES string of the molecule is O=C1OC(c2ccc(C(=O)O)c(Nc3cccc(C(F)(F)F)c3)n2)c2ccccc21. The van der Waals surface area contributed by atoms with Gasteiger partial charge in [-0.25, -0.2) is 14.6 Å². The molecule has 1 aromatic heterocycles. The summed E-state index contributed by atoms with van der Waals surface area (Å²) in [4.78, 5) is 27.9. The summed E-state index contributed by atoms with van der Waals surface area (Å²) in [6.07, 6.45) is -5.40. The molecule has 9 heteroatoms. The number of carboxylic acid groups (broad SMARTS) is 1. The summed E-state index contributed by atoms with van der Waals surface area (Å²) in [5.74, 6) is -2.01. The first-order valence-corrected chi connectivity index (χ1v) is 8.72. The minimum atomic E-state index is -4.55. The monoisotopic (exact) mass is 414 g/mol. The number of esters is 1. The maximum Gasteiger partial charge on any atom is 0.416 e. The number of cyclic esters (lactones) is 1. The second kappa shape index (κ2) is 7.18. The first kappa shape index (κ1) is 19.4. The highest BCUT2D eigenvalue weighted by molar-refractivity contribution is 5.95. The van der Waals surface area contributed by atoms with E-state index in [1.165, 1.54) is 24.3 Å². The van der Waals surface area contributed by atoms with Crippen LogP contribution in [0.3, 0.4) is 0 Å². The van der Waals surface area contributed by atoms with Gasteiger partial charge in [-0.05, 0) is 36.4 Å². The molecule has 152 valence electrons. The van der Waals surface area contributed by atoms with Gasteiger partial charge in [0.1, 0.15) is 11.4 Å². The molecular weight excluding hydrogens is 401 g/mol. The van der Waals surface area contributed by atoms with Gasteiger partial charge in [-0.3, -0.25) is 0 Å². The number of aromatic carboxylic acids is 1. The van der Waals surface area contributed by atoms with Crippen LogP contribution in [0.5, 0.6) is 0 Å². The van der Waals surface area contributed by atoms with Gasteiger partial charge >= 0.3 is 18.1 Å². The summed E-state index contributed by atoms with van der Waals surface area (Å²) in [5.41, 5.74) is 0.0728. The van der Waals surface area contributed by atoms with Gasteiger partial charge in [0, 0.05) is 11.3 Å². The number of rotatable bonds is 4. The molecule has 30 heavy (non-hydrogen) atoms. The number of ether oxygens (including phenoxy) is 1. The molecule has 1 atom stereocenters. The zero-order valence-corrected chi connectivity index (χ0v) is 15.1. The molecule has 0 amide bonds. The molecule has 0 spiro atoms. The maximum absolute atomic E-state index is 13.0. The lowest BCUT2D eigenvalue weighted by molar-refractivity contribution is -0.137. The molecule has 6 nitrogen and oxygen atoms in total. The van der Waals surface area contributed by atoms with Gasteiger partial charge in [-0.2, -0.15) is 13.2 Å². The van der Waals surface area contributed by atoms with Crippen LogP contribution in [-0.4, -0.2) is 22.0 Å². The summed E-state index contributed by atoms with van der Waals surface area (Å²) in [5, 5.41) is 12.1. The van der Waals surface area contributed by atoms with E-state index in [0.717, 1.165) is 12.1 Å². The van der Waals surface area contributed by atoms with Gasteiger partial charge in [-0.1, -0.05) is 24.3 Å². The molecule has 0 aliphatic carbocycles. The Labute approximate surface area is 167 Å². The van der Waals surface area contributed by atoms with E-state index in [9.17, 15) is 27.9 Å². The van der Waals surface area contributed by atoms with Crippen LogP contribution in [0.2, 0.25) is 0 Å². The number of aromatic nitrogens is 1. The number of hydrogen-bond donors (Lipinski definition) is 2. The number of pyridine rings is 1. The summed E-state index contributed by atoms with van der Waals surface area (Å²) in [7, 11) is 0. The highest BCUT2D eigenvalue weighted by Gasteiger charge is 2.33. The second-order valence-electron chi connectivity index (χ2n) is 6.51. The van der Waals surface area contributed by atoms with Crippen LogP contribution in [0.15, 0.2) is 60.7 Å². The van der Waals surface area contributed by atoms with Crippen molar-refractivity contribution in [3.8, 4) is 0 Å². The average Bonchev–Trinajstić information content (AvgIpc) is 3.04. The van der Waals surface area contributed by atoms with E-state index in [4.69, 9.17) is 4.74 Å². The first-order valence-electron chi connectivity index (χ1n) is 8.72. The van der Waals surface area contributed by atoms with Crippen molar-refractivity contribution in [2.75, 3.05) is 5.32 Å². The molecule has 1 unspecified atom stereocenters. The number of benzene rings is 2. The predicted octanol–water partition coefficient (Wildman–Crippen LogP) is 4.80. The molecule has 3 aromatic rings. The Morgan fingerprint density at radius 2 is 1.83 bits per heavy atom. The molecule has 4 rings (SSSR count). The third kappa shape index (κ3) is 3.57. The summed E-state index contributed by atoms with van der Waals surface area (Å²) in [6.45, 7) is 0. The van der Waals surface area contributed by atoms with Gasteiger partial charge < -0.3 is 15.2 Å². The summed E-state index contributed by atoms with van der Waals surface area (Å²) < 4.78 is 44.3. The standard InChI is InChI=1S/C21H13F3N2O4/c22-21(23,24)11-4-3-5-12(10-11)25-18-15(19(27)28)8-9-16(26-18)17-13-6-1-2-7-14(13)20(29)30-17/h1-10,17H,(H,25,26)(H,27,28). The number of anilines is 2. The number of alkyl halides is 3. The number of carboxylic acids is 1. The smallest absolute Gasteiger partial charge is 0.416 e. The average molecular weight is 414 g/mol. The van der Waals surface area contributed by atoms with E-state index in [0.29, 0.717) is 11.1 Å². The normalized spacial score (nSPS) is 15.4. The largest absolute Gasteiger partial charge is 0.478 e. The molecule has 1 aliphatic heterocycles. The fourth-order valence-corrected chi connectivity index (χ4v) is 3.16. The minimum Gasteiger partial charge on any atom is -0.478 e. The molecule has 2 aromatic carbocycles. The highest BCUT2D eigenvalue weighted by atomic mass is 19.4. The van der Waals surface area contributed by atoms with Crippen molar-refractivity contribution >= 4 is 23.4 Å². The van der Waals surface area contributed by atoms with Crippen LogP contribution in [0, 0.1) is 0 Å². The molecule has 0 saturated carbocycles. The quantitative estimate of drug-likeness (QED) is 0.596. The van der Waals surface area contributed by atoms with E-state index in [-0.39, 0.29) is 22.8 Å². The Balaban J connectivity index is 1.74. The maximum atomic E-state index is 13.0. The van der Waals surface area contributed by atoms with Gasteiger partial charge in [0.15, 0.2) is 6.10 Å². The number of halogens is 3. The Morgan fingerprint density at radius 1 is 1.07 bits per heavy atom. The molecule has 1 aliphatic rings. The summed E-state index contributed by atoms with van der Waals surface area (Å²) >= 11 is 0. The number of carbonyl (C=O) groups excluding carboxylic acids is 1. The molecule has 2 N–H and O–H groups in total. The second-order valence-corrected chi connectivity index (χ2v) is 6.51. The Hall–Kier alpha value is -3.88. The molecule has 0 saturated heterocycles. The third-order valence-electron chi connectivity index (χ3n) is 4.56. The highest BCUT2D eigenvalue weighted by Crippen LogP contribution is 2.36. The van der Waals surface area contributed by atoms with E-state index in [1.807, 2.05) is 0 Å². The lowest BCUT2D eigenvalue weighted by Crippen LogP contribution is -2.10. The zero-order chi connectivity index (χ0) is 21.5. The lowest BCUT2D eigenvalue weighted by atomic mass is 10.0. The van der Waals surface area contributed by atoms with Gasteiger partial charge in [0.05, 0.1) is 16.8 Å².